The molecule has 0 aromatic rings. The summed E-state index contributed by atoms with van der Waals surface area (Å²) in [6.45, 7) is 0.154. The molecular formula is C6H13ClFNO. The van der Waals surface area contributed by atoms with E-state index in [1.54, 1.807) is 0 Å². The minimum absolute atomic E-state index is 0. The Bertz CT molecular complexity index is 85.8. The fraction of sp³-hybridized carbons (Fsp3) is 1.00. The quantitative estimate of drug-likeness (QED) is 0.633. The maximum absolute atomic E-state index is 11.8. The van der Waals surface area contributed by atoms with Gasteiger partial charge in [0.15, 0.2) is 0 Å². The summed E-state index contributed by atoms with van der Waals surface area (Å²) in [7, 11) is 0. The molecule has 0 radical (unpaired) electrons. The first-order valence-electron chi connectivity index (χ1n) is 3.26. The zero-order chi connectivity index (χ0) is 6.69. The van der Waals surface area contributed by atoms with Gasteiger partial charge in [-0.05, 0) is 12.8 Å². The number of rotatable bonds is 1. The minimum atomic E-state index is -0.368. The molecule has 2 nitrogen and oxygen atoms in total. The molecule has 0 amide bonds. The Kier molecular flexibility index (Phi) is 4.95. The second-order valence-electron chi connectivity index (χ2n) is 2.45. The molecular weight excluding hydrogens is 157 g/mol. The van der Waals surface area contributed by atoms with Crippen LogP contribution in [0, 0.1) is 0 Å². The zero-order valence-corrected chi connectivity index (χ0v) is 6.57. The topological polar surface area (TPSA) is 35.2 Å². The fourth-order valence-corrected chi connectivity index (χ4v) is 0.948. The average Bonchev–Trinajstić information content (AvgIpc) is 1.90. The average molecular weight is 170 g/mol. The van der Waals surface area contributed by atoms with Crippen molar-refractivity contribution in [1.82, 2.24) is 0 Å². The standard InChI is InChI=1S/C6H12FNO.ClH/c7-3-6-2-1-5(8)4-9-6;/h5-6H,1-4,8H2;1H/t5-,6+;/m0./s1. The van der Waals surface area contributed by atoms with E-state index in [9.17, 15) is 4.39 Å². The predicted octanol–water partition coefficient (Wildman–Crippen LogP) is 0.884. The number of alkyl halides is 1. The highest BCUT2D eigenvalue weighted by molar-refractivity contribution is 5.85. The van der Waals surface area contributed by atoms with Crippen LogP contribution in [0.2, 0.25) is 0 Å². The van der Waals surface area contributed by atoms with Crippen molar-refractivity contribution < 1.29 is 9.13 Å². The van der Waals surface area contributed by atoms with Gasteiger partial charge in [0, 0.05) is 6.04 Å². The summed E-state index contributed by atoms with van der Waals surface area (Å²) in [6, 6.07) is 0.132. The summed E-state index contributed by atoms with van der Waals surface area (Å²) in [6.07, 6.45) is 1.50. The molecule has 1 heterocycles. The van der Waals surface area contributed by atoms with Gasteiger partial charge in [-0.1, -0.05) is 0 Å². The molecule has 0 bridgehead atoms. The number of ether oxygens (including phenoxy) is 1. The molecule has 62 valence electrons. The monoisotopic (exact) mass is 169 g/mol. The van der Waals surface area contributed by atoms with Gasteiger partial charge in [-0.15, -0.1) is 12.4 Å². The lowest BCUT2D eigenvalue weighted by molar-refractivity contribution is -0.00772. The van der Waals surface area contributed by atoms with Gasteiger partial charge in [0.2, 0.25) is 0 Å². The molecule has 1 saturated heterocycles. The van der Waals surface area contributed by atoms with Crippen LogP contribution in [0.3, 0.4) is 0 Å². The van der Waals surface area contributed by atoms with Crippen molar-refractivity contribution in [2.24, 2.45) is 5.73 Å². The van der Waals surface area contributed by atoms with Crippen molar-refractivity contribution in [3.8, 4) is 0 Å². The molecule has 2 N–H and O–H groups in total. The van der Waals surface area contributed by atoms with Gasteiger partial charge in [0.25, 0.3) is 0 Å². The van der Waals surface area contributed by atoms with E-state index in [4.69, 9.17) is 10.5 Å². The number of hydrogen-bond acceptors (Lipinski definition) is 2. The van der Waals surface area contributed by atoms with Crippen LogP contribution < -0.4 is 5.73 Å². The maximum atomic E-state index is 11.8. The Labute approximate surface area is 66.3 Å². The van der Waals surface area contributed by atoms with Crippen molar-refractivity contribution in [3.63, 3.8) is 0 Å². The molecule has 0 aliphatic carbocycles. The lowest BCUT2D eigenvalue weighted by Crippen LogP contribution is -2.36. The molecule has 1 aliphatic heterocycles. The van der Waals surface area contributed by atoms with Crippen LogP contribution >= 0.6 is 12.4 Å². The molecule has 0 aromatic carbocycles. The number of nitrogens with two attached hydrogens (primary N) is 1. The Morgan fingerprint density at radius 3 is 2.60 bits per heavy atom. The van der Waals surface area contributed by atoms with Gasteiger partial charge in [-0.3, -0.25) is 0 Å². The van der Waals surface area contributed by atoms with Crippen molar-refractivity contribution in [2.75, 3.05) is 13.3 Å². The van der Waals surface area contributed by atoms with Crippen LogP contribution in [0.1, 0.15) is 12.8 Å². The summed E-state index contributed by atoms with van der Waals surface area (Å²) in [5, 5.41) is 0. The van der Waals surface area contributed by atoms with Crippen molar-refractivity contribution in [3.05, 3.63) is 0 Å². The van der Waals surface area contributed by atoms with E-state index in [-0.39, 0.29) is 31.2 Å². The summed E-state index contributed by atoms with van der Waals surface area (Å²) in [4.78, 5) is 0. The molecule has 10 heavy (non-hydrogen) atoms. The molecule has 0 unspecified atom stereocenters. The van der Waals surface area contributed by atoms with Gasteiger partial charge in [-0.2, -0.15) is 0 Å². The molecule has 4 heteroatoms. The SMILES string of the molecule is Cl.N[C@H]1CC[C@H](CF)OC1. The third kappa shape index (κ3) is 2.82. The summed E-state index contributed by atoms with van der Waals surface area (Å²) >= 11 is 0. The normalized spacial score (nSPS) is 33.0. The lowest BCUT2D eigenvalue weighted by atomic mass is 10.1. The third-order valence-corrected chi connectivity index (χ3v) is 1.58. The Hall–Kier alpha value is 0.140. The van der Waals surface area contributed by atoms with E-state index < -0.39 is 0 Å². The Balaban J connectivity index is 0.000000810. The number of halogens is 2. The van der Waals surface area contributed by atoms with Crippen molar-refractivity contribution in [1.29, 1.82) is 0 Å². The lowest BCUT2D eigenvalue weighted by Gasteiger charge is -2.24. The fourth-order valence-electron chi connectivity index (χ4n) is 0.948. The van der Waals surface area contributed by atoms with E-state index in [1.807, 2.05) is 0 Å². The van der Waals surface area contributed by atoms with E-state index in [0.717, 1.165) is 12.8 Å². The van der Waals surface area contributed by atoms with Crippen molar-refractivity contribution in [2.45, 2.75) is 25.0 Å². The minimum Gasteiger partial charge on any atom is -0.374 e. The van der Waals surface area contributed by atoms with Gasteiger partial charge in [0.05, 0.1) is 12.7 Å². The van der Waals surface area contributed by atoms with Gasteiger partial charge in [0.1, 0.15) is 6.67 Å². The largest absolute Gasteiger partial charge is 0.374 e. The zero-order valence-electron chi connectivity index (χ0n) is 5.75. The van der Waals surface area contributed by atoms with Crippen LogP contribution in [0.4, 0.5) is 4.39 Å². The second kappa shape index (κ2) is 4.88. The van der Waals surface area contributed by atoms with E-state index >= 15 is 0 Å². The highest BCUT2D eigenvalue weighted by Gasteiger charge is 2.17. The Morgan fingerprint density at radius 2 is 2.20 bits per heavy atom. The maximum Gasteiger partial charge on any atom is 0.116 e. The van der Waals surface area contributed by atoms with Crippen LogP contribution in [0.5, 0.6) is 0 Å². The van der Waals surface area contributed by atoms with Gasteiger partial charge in [-0.25, -0.2) is 4.39 Å². The van der Waals surface area contributed by atoms with Crippen LogP contribution in [-0.4, -0.2) is 25.4 Å². The van der Waals surface area contributed by atoms with Crippen LogP contribution in [0.15, 0.2) is 0 Å². The third-order valence-electron chi connectivity index (χ3n) is 1.58. The molecule has 1 fully saturated rings. The van der Waals surface area contributed by atoms with Gasteiger partial charge < -0.3 is 10.5 Å². The summed E-state index contributed by atoms with van der Waals surface area (Å²) in [5.74, 6) is 0. The van der Waals surface area contributed by atoms with E-state index in [2.05, 4.69) is 0 Å². The molecule has 1 aliphatic rings. The molecule has 2 atom stereocenters. The molecule has 0 spiro atoms. The second-order valence-corrected chi connectivity index (χ2v) is 2.45. The first-order chi connectivity index (χ1) is 4.33. The smallest absolute Gasteiger partial charge is 0.116 e. The summed E-state index contributed by atoms with van der Waals surface area (Å²) < 4.78 is 16.9. The Morgan fingerprint density at radius 1 is 1.50 bits per heavy atom. The van der Waals surface area contributed by atoms with E-state index in [0.29, 0.717) is 6.61 Å². The first-order valence-corrected chi connectivity index (χ1v) is 3.26. The van der Waals surface area contributed by atoms with Crippen molar-refractivity contribution >= 4 is 12.4 Å². The number of hydrogen-bond donors (Lipinski definition) is 1. The van der Waals surface area contributed by atoms with Gasteiger partial charge >= 0.3 is 0 Å². The van der Waals surface area contributed by atoms with Crippen LogP contribution in [0.25, 0.3) is 0 Å². The molecule has 0 aromatic heterocycles. The highest BCUT2D eigenvalue weighted by Crippen LogP contribution is 2.11. The molecule has 1 rings (SSSR count). The van der Waals surface area contributed by atoms with E-state index in [1.165, 1.54) is 0 Å². The van der Waals surface area contributed by atoms with Crippen LogP contribution in [-0.2, 0) is 4.74 Å². The molecule has 0 saturated carbocycles. The summed E-state index contributed by atoms with van der Waals surface area (Å²) in [5.41, 5.74) is 5.50. The predicted molar refractivity (Wildman–Crippen MR) is 40.2 cm³/mol. The highest BCUT2D eigenvalue weighted by atomic mass is 35.5. The first kappa shape index (κ1) is 10.1.